The summed E-state index contributed by atoms with van der Waals surface area (Å²) in [6.45, 7) is 90.1. The van der Waals surface area contributed by atoms with Crippen molar-refractivity contribution in [3.8, 4) is 0 Å². The molecular formula is C78H174N4O2. The van der Waals surface area contributed by atoms with E-state index in [1.807, 2.05) is 25.7 Å². The Bertz CT molecular complexity index is 1080. The van der Waals surface area contributed by atoms with Gasteiger partial charge in [-0.1, -0.05) is 312 Å². The number of ether oxygens (including phenoxy) is 1. The van der Waals surface area contributed by atoms with Crippen molar-refractivity contribution < 1.29 is 9.53 Å². The molecule has 0 aromatic rings. The predicted octanol–water partition coefficient (Wildman–Crippen LogP) is 25.0. The van der Waals surface area contributed by atoms with Crippen LogP contribution in [0.5, 0.6) is 0 Å². The minimum atomic E-state index is -0.413. The van der Waals surface area contributed by atoms with Gasteiger partial charge in [0.2, 0.25) is 0 Å². The average molecular weight is 1200 g/mol. The number of nitrogens with zero attached hydrogens (tertiary/aromatic N) is 2. The van der Waals surface area contributed by atoms with Crippen LogP contribution in [-0.2, 0) is 4.74 Å². The zero-order chi connectivity index (χ0) is 67.6. The number of hydrogen-bond donors (Lipinski definition) is 2. The van der Waals surface area contributed by atoms with Gasteiger partial charge in [0.25, 0.3) is 0 Å². The highest BCUT2D eigenvalue weighted by Crippen LogP contribution is 2.16. The van der Waals surface area contributed by atoms with Gasteiger partial charge in [0.1, 0.15) is 5.60 Å². The molecule has 0 aliphatic rings. The van der Waals surface area contributed by atoms with Gasteiger partial charge in [0.15, 0.2) is 0 Å². The number of unbranched alkanes of at least 4 members (excludes halogenated alkanes) is 2. The molecule has 0 aliphatic heterocycles. The van der Waals surface area contributed by atoms with Gasteiger partial charge in [0, 0.05) is 26.2 Å². The summed E-state index contributed by atoms with van der Waals surface area (Å²) >= 11 is 0. The summed E-state index contributed by atoms with van der Waals surface area (Å²) in [5.74, 6) is 13.0. The summed E-state index contributed by atoms with van der Waals surface area (Å²) in [5.41, 5.74) is -0.413. The minimum absolute atomic E-state index is 0.188. The lowest BCUT2D eigenvalue weighted by atomic mass is 10.0. The second kappa shape index (κ2) is 68.1. The van der Waals surface area contributed by atoms with Gasteiger partial charge in [-0.3, -0.25) is 0 Å². The van der Waals surface area contributed by atoms with E-state index in [0.717, 1.165) is 122 Å². The highest BCUT2D eigenvalue weighted by atomic mass is 16.6. The largest absolute Gasteiger partial charge is 0.444 e. The van der Waals surface area contributed by atoms with Crippen molar-refractivity contribution in [2.45, 2.75) is 351 Å². The molecule has 0 saturated carbocycles. The van der Waals surface area contributed by atoms with Crippen molar-refractivity contribution in [1.29, 1.82) is 0 Å². The second-order valence-electron chi connectivity index (χ2n) is 33.1. The van der Waals surface area contributed by atoms with E-state index < -0.39 is 5.60 Å². The maximum atomic E-state index is 12.0. The quantitative estimate of drug-likeness (QED) is 0.0612. The minimum Gasteiger partial charge on any atom is -0.444 e. The number of amides is 1. The zero-order valence-electron chi connectivity index (χ0n) is 65.9. The molecule has 518 valence electrons. The Labute approximate surface area is 538 Å². The smallest absolute Gasteiger partial charge is 0.410 e. The van der Waals surface area contributed by atoms with Crippen LogP contribution in [-0.4, -0.2) is 80.4 Å². The highest BCUT2D eigenvalue weighted by Gasteiger charge is 2.22. The van der Waals surface area contributed by atoms with Crippen LogP contribution >= 0.6 is 0 Å². The molecule has 0 aliphatic carbocycles. The Morgan fingerprint density at radius 2 is 0.583 bits per heavy atom. The van der Waals surface area contributed by atoms with Crippen molar-refractivity contribution in [3.63, 3.8) is 0 Å². The molecule has 0 rings (SSSR count). The average Bonchev–Trinajstić information content (AvgIpc) is 3.31. The van der Waals surface area contributed by atoms with Gasteiger partial charge in [-0.2, -0.15) is 0 Å². The Morgan fingerprint density at radius 1 is 0.321 bits per heavy atom. The molecule has 0 aromatic carbocycles. The van der Waals surface area contributed by atoms with Crippen LogP contribution in [0, 0.1) is 94.7 Å². The van der Waals surface area contributed by atoms with Gasteiger partial charge in [0.05, 0.1) is 0 Å². The summed E-state index contributed by atoms with van der Waals surface area (Å²) in [4.78, 5) is 16.4. The maximum Gasteiger partial charge on any atom is 0.410 e. The third kappa shape index (κ3) is 123. The molecule has 0 unspecified atom stereocenters. The second-order valence-corrected chi connectivity index (χ2v) is 33.1. The lowest BCUT2D eigenvalue weighted by Gasteiger charge is -2.29. The molecule has 0 radical (unpaired) electrons. The first-order valence-electron chi connectivity index (χ1n) is 36.5. The first kappa shape index (κ1) is 99.4. The summed E-state index contributed by atoms with van der Waals surface area (Å²) < 4.78 is 5.42. The van der Waals surface area contributed by atoms with Crippen molar-refractivity contribution in [3.05, 3.63) is 0 Å². The van der Waals surface area contributed by atoms with Gasteiger partial charge in [-0.05, 0) is 161 Å². The van der Waals surface area contributed by atoms with E-state index in [1.54, 1.807) is 0 Å². The van der Waals surface area contributed by atoms with E-state index >= 15 is 0 Å². The van der Waals surface area contributed by atoms with E-state index in [2.05, 4.69) is 244 Å². The number of hydrogen-bond acceptors (Lipinski definition) is 5. The van der Waals surface area contributed by atoms with Crippen LogP contribution < -0.4 is 10.6 Å². The summed E-state index contributed by atoms with van der Waals surface area (Å²) in [7, 11) is 0. The first-order valence-corrected chi connectivity index (χ1v) is 36.5. The Balaban J connectivity index is -0.000000133. The number of nitrogens with one attached hydrogen (secondary N) is 2. The number of rotatable bonds is 36. The molecule has 0 spiro atoms. The fourth-order valence-electron chi connectivity index (χ4n) is 8.06. The van der Waals surface area contributed by atoms with E-state index in [4.69, 9.17) is 4.74 Å². The van der Waals surface area contributed by atoms with Gasteiger partial charge < -0.3 is 25.2 Å². The van der Waals surface area contributed by atoms with Crippen molar-refractivity contribution in [2.75, 3.05) is 58.9 Å². The van der Waals surface area contributed by atoms with E-state index in [-0.39, 0.29) is 6.09 Å². The van der Waals surface area contributed by atoms with E-state index in [1.165, 1.54) is 116 Å². The molecule has 0 saturated heterocycles. The van der Waals surface area contributed by atoms with Gasteiger partial charge >= 0.3 is 6.09 Å². The summed E-state index contributed by atoms with van der Waals surface area (Å²) in [6.07, 6.45) is 20.5. The molecule has 0 bridgehead atoms. The molecular weight excluding hydrogens is 1020 g/mol. The lowest BCUT2D eigenvalue weighted by molar-refractivity contribution is 0.0220. The normalized spacial score (nSPS) is 11.6. The summed E-state index contributed by atoms with van der Waals surface area (Å²) in [6, 6.07) is 0. The van der Waals surface area contributed by atoms with Gasteiger partial charge in [-0.15, -0.1) is 0 Å². The summed E-state index contributed by atoms with van der Waals surface area (Å²) in [5, 5.41) is 6.80. The highest BCUT2D eigenvalue weighted by molar-refractivity contribution is 5.68. The molecule has 2 N–H and O–H groups in total. The van der Waals surface area contributed by atoms with E-state index in [9.17, 15) is 4.79 Å². The Hall–Kier alpha value is -0.850. The fraction of sp³-hybridized carbons (Fsp3) is 0.987. The zero-order valence-corrected chi connectivity index (χ0v) is 65.9. The van der Waals surface area contributed by atoms with Crippen LogP contribution in [0.25, 0.3) is 0 Å². The Kier molecular flexibility index (Phi) is 80.5. The predicted molar refractivity (Wildman–Crippen MR) is 392 cm³/mol. The van der Waals surface area contributed by atoms with Crippen molar-refractivity contribution >= 4 is 6.09 Å². The van der Waals surface area contributed by atoms with Crippen LogP contribution in [0.2, 0.25) is 0 Å². The van der Waals surface area contributed by atoms with Crippen molar-refractivity contribution in [2.24, 2.45) is 94.7 Å². The molecule has 1 amide bonds. The molecule has 0 heterocycles. The van der Waals surface area contributed by atoms with Gasteiger partial charge in [-0.25, -0.2) is 4.79 Å². The van der Waals surface area contributed by atoms with Crippen molar-refractivity contribution in [1.82, 2.24) is 20.4 Å². The molecule has 0 atom stereocenters. The Morgan fingerprint density at radius 3 is 0.810 bits per heavy atom. The standard InChI is InChI=1S/C14H29NO2.C10H23N.2C10H22.C9H21N.C9H20.C8H19N.C8H18/c1-11(2)8-9-15(10-12(3)4)13(16)17-14(5,6)7;1-6-11(7-9(2)3)8-10(4)5;2*1-9(2)7-5-6-8-10(3)4;1-8(2)5-6-10-7-9(3)4;1-8(2)6-5-7-9(3)4;1-7(2)5-9-6-8(3)4;1-7(2)5-6-8(3)4/h11-12H,8-10H2,1-7H3;9-10H,6-8H2,1-5H3;2*9-10H,5-8H2,1-4H3;8-10H,5-7H2,1-4H3;8-9H,5-7H2,1-4H3;7-9H,5-6H2,1-4H3;7-8H,5-6H2,1-4H3. The van der Waals surface area contributed by atoms with Crippen LogP contribution in [0.4, 0.5) is 4.79 Å². The third-order valence-electron chi connectivity index (χ3n) is 13.0. The number of carbonyl (C=O) groups excluding carboxylic acids is 1. The number of carbonyl (C=O) groups is 1. The topological polar surface area (TPSA) is 56.8 Å². The van der Waals surface area contributed by atoms with Crippen LogP contribution in [0.15, 0.2) is 0 Å². The monoisotopic (exact) mass is 1200 g/mol. The molecule has 0 aromatic heterocycles. The van der Waals surface area contributed by atoms with E-state index in [0.29, 0.717) is 11.8 Å². The lowest BCUT2D eigenvalue weighted by Crippen LogP contribution is -2.39. The molecule has 6 heteroatoms. The van der Waals surface area contributed by atoms with Crippen LogP contribution in [0.3, 0.4) is 0 Å². The fourth-order valence-corrected chi connectivity index (χ4v) is 8.06. The molecule has 84 heavy (non-hydrogen) atoms. The molecule has 6 nitrogen and oxygen atoms in total. The third-order valence-corrected chi connectivity index (χ3v) is 13.0. The first-order chi connectivity index (χ1) is 38.4. The van der Waals surface area contributed by atoms with Crippen LogP contribution in [0.1, 0.15) is 346 Å². The molecule has 0 fully saturated rings. The maximum absolute atomic E-state index is 12.0. The SMILES string of the molecule is CC(C)CCC(C)C.CC(C)CCCC(C)C.CC(C)CCCCC(C)C.CC(C)CCCCC(C)C.CC(C)CCN(CC(C)C)C(=O)OC(C)(C)C.CC(C)CCNCC(C)C.CC(C)CNCC(C)C.CCN(CC(C)C)CC(C)C.